The van der Waals surface area contributed by atoms with Crippen molar-refractivity contribution >= 4 is 27.5 Å². The van der Waals surface area contributed by atoms with E-state index >= 15 is 0 Å². The van der Waals surface area contributed by atoms with Crippen LogP contribution in [0.25, 0.3) is 5.82 Å². The second-order valence-electron chi connectivity index (χ2n) is 7.59. The molecule has 1 N–H and O–H groups in total. The number of nitrogens with zero attached hydrogens (tertiary/aromatic N) is 3. The Bertz CT molecular complexity index is 1240. The van der Waals surface area contributed by atoms with Gasteiger partial charge in [0.1, 0.15) is 11.0 Å². The van der Waals surface area contributed by atoms with Crippen molar-refractivity contribution in [1.29, 1.82) is 0 Å². The van der Waals surface area contributed by atoms with E-state index in [-0.39, 0.29) is 21.0 Å². The number of rotatable bonds is 7. The van der Waals surface area contributed by atoms with Crippen molar-refractivity contribution in [3.63, 3.8) is 0 Å². The highest BCUT2D eigenvalue weighted by Gasteiger charge is 2.38. The van der Waals surface area contributed by atoms with Gasteiger partial charge < -0.3 is 4.74 Å². The number of pyridine rings is 1. The van der Waals surface area contributed by atoms with E-state index in [1.54, 1.807) is 12.3 Å². The Morgan fingerprint density at radius 3 is 2.58 bits per heavy atom. The van der Waals surface area contributed by atoms with Crippen molar-refractivity contribution in [2.75, 3.05) is 6.61 Å². The van der Waals surface area contributed by atoms with Crippen LogP contribution in [0.3, 0.4) is 0 Å². The molecular weight excluding hydrogens is 447 g/mol. The average molecular weight is 465 g/mol. The maximum absolute atomic E-state index is 13.0. The van der Waals surface area contributed by atoms with Gasteiger partial charge in [-0.15, -0.1) is 5.10 Å². The fraction of sp³-hybridized carbons (Fsp3) is 0.250. The van der Waals surface area contributed by atoms with Gasteiger partial charge in [-0.05, 0) is 49.2 Å². The Labute approximate surface area is 183 Å². The quantitative estimate of drug-likeness (QED) is 0.538. The molecule has 1 amide bonds. The van der Waals surface area contributed by atoms with Crippen molar-refractivity contribution in [1.82, 2.24) is 19.5 Å². The SMILES string of the molecule is CC1(COc2ccn(-c3ccc(C(=O)NS(=O)(=O)c4ccc(F)cc4)c(Cl)n3)n2)CC1. The monoisotopic (exact) mass is 464 g/mol. The Balaban J connectivity index is 1.47. The third-order valence-electron chi connectivity index (χ3n) is 4.90. The van der Waals surface area contributed by atoms with Crippen LogP contribution in [-0.2, 0) is 10.0 Å². The smallest absolute Gasteiger partial charge is 0.268 e. The lowest BCUT2D eigenvalue weighted by molar-refractivity contribution is 0.0981. The lowest BCUT2D eigenvalue weighted by Gasteiger charge is -2.09. The lowest BCUT2D eigenvalue weighted by Crippen LogP contribution is -2.31. The average Bonchev–Trinajstić information content (AvgIpc) is 3.26. The molecule has 2 aromatic heterocycles. The molecule has 0 aliphatic heterocycles. The van der Waals surface area contributed by atoms with Crippen LogP contribution < -0.4 is 9.46 Å². The first kappa shape index (κ1) is 21.3. The molecule has 0 spiro atoms. The zero-order valence-electron chi connectivity index (χ0n) is 16.4. The van der Waals surface area contributed by atoms with Gasteiger partial charge in [0, 0.05) is 17.7 Å². The third kappa shape index (κ3) is 4.86. The maximum atomic E-state index is 13.0. The van der Waals surface area contributed by atoms with E-state index in [1.807, 2.05) is 4.72 Å². The molecule has 0 radical (unpaired) electrons. The van der Waals surface area contributed by atoms with Crippen LogP contribution in [0.4, 0.5) is 4.39 Å². The van der Waals surface area contributed by atoms with Gasteiger partial charge in [0.2, 0.25) is 5.88 Å². The number of halogens is 2. The van der Waals surface area contributed by atoms with Gasteiger partial charge in [0.05, 0.1) is 17.1 Å². The molecule has 0 saturated heterocycles. The lowest BCUT2D eigenvalue weighted by atomic mass is 10.2. The Morgan fingerprint density at radius 1 is 1.23 bits per heavy atom. The van der Waals surface area contributed by atoms with Crippen molar-refractivity contribution < 1.29 is 22.3 Å². The molecule has 8 nitrogen and oxygen atoms in total. The molecule has 1 aromatic carbocycles. The highest BCUT2D eigenvalue weighted by atomic mass is 35.5. The minimum atomic E-state index is -4.20. The minimum Gasteiger partial charge on any atom is -0.476 e. The fourth-order valence-electron chi connectivity index (χ4n) is 2.69. The number of nitrogens with one attached hydrogen (secondary N) is 1. The molecule has 0 unspecified atom stereocenters. The van der Waals surface area contributed by atoms with Gasteiger partial charge in [-0.2, -0.15) is 0 Å². The number of sulfonamides is 1. The van der Waals surface area contributed by atoms with Crippen molar-refractivity contribution in [2.24, 2.45) is 5.41 Å². The first-order valence-corrected chi connectivity index (χ1v) is 11.2. The van der Waals surface area contributed by atoms with Crippen LogP contribution in [0.15, 0.2) is 53.6 Å². The van der Waals surface area contributed by atoms with Gasteiger partial charge in [-0.3, -0.25) is 4.79 Å². The van der Waals surface area contributed by atoms with Crippen molar-refractivity contribution in [2.45, 2.75) is 24.7 Å². The Kier molecular flexibility index (Phi) is 5.44. The number of aromatic nitrogens is 3. The summed E-state index contributed by atoms with van der Waals surface area (Å²) in [5, 5.41) is 4.08. The molecule has 2 heterocycles. The summed E-state index contributed by atoms with van der Waals surface area (Å²) in [5.74, 6) is -0.786. The largest absolute Gasteiger partial charge is 0.476 e. The Hall–Kier alpha value is -2.98. The topological polar surface area (TPSA) is 103 Å². The van der Waals surface area contributed by atoms with E-state index in [9.17, 15) is 17.6 Å². The van der Waals surface area contributed by atoms with Crippen LogP contribution in [-0.4, -0.2) is 35.7 Å². The molecule has 1 fully saturated rings. The van der Waals surface area contributed by atoms with E-state index < -0.39 is 21.7 Å². The van der Waals surface area contributed by atoms with E-state index in [1.165, 1.54) is 16.8 Å². The van der Waals surface area contributed by atoms with Crippen LogP contribution in [0, 0.1) is 11.2 Å². The molecular formula is C20H18ClFN4O4S. The third-order valence-corrected chi connectivity index (χ3v) is 6.54. The number of ether oxygens (including phenoxy) is 1. The standard InChI is InChI=1S/C20H18ClFN4O4S/c1-20(9-10-20)12-30-17-8-11-26(24-17)16-7-6-15(18(21)23-16)19(27)25-31(28,29)14-4-2-13(22)3-5-14/h2-8,11H,9-10,12H2,1H3,(H,25,27). The summed E-state index contributed by atoms with van der Waals surface area (Å²) in [5.41, 5.74) is 0.0793. The van der Waals surface area contributed by atoms with E-state index in [2.05, 4.69) is 17.0 Å². The molecule has 11 heteroatoms. The van der Waals surface area contributed by atoms with Crippen LogP contribution in [0.1, 0.15) is 30.1 Å². The number of carbonyl (C=O) groups excluding carboxylic acids is 1. The Morgan fingerprint density at radius 2 is 1.94 bits per heavy atom. The highest BCUT2D eigenvalue weighted by molar-refractivity contribution is 7.90. The first-order valence-electron chi connectivity index (χ1n) is 9.33. The summed E-state index contributed by atoms with van der Waals surface area (Å²) in [6, 6.07) is 8.57. The molecule has 0 atom stereocenters. The summed E-state index contributed by atoms with van der Waals surface area (Å²) in [6.45, 7) is 2.73. The molecule has 162 valence electrons. The van der Waals surface area contributed by atoms with Gasteiger partial charge in [-0.25, -0.2) is 27.2 Å². The predicted octanol–water partition coefficient (Wildman–Crippen LogP) is 3.36. The van der Waals surface area contributed by atoms with Crippen molar-refractivity contribution in [3.05, 3.63) is 65.2 Å². The van der Waals surface area contributed by atoms with Gasteiger partial charge in [0.25, 0.3) is 15.9 Å². The number of carbonyl (C=O) groups is 1. The highest BCUT2D eigenvalue weighted by Crippen LogP contribution is 2.44. The summed E-state index contributed by atoms with van der Waals surface area (Å²) >= 11 is 6.12. The molecule has 1 saturated carbocycles. The second kappa shape index (κ2) is 7.93. The van der Waals surface area contributed by atoms with Gasteiger partial charge >= 0.3 is 0 Å². The summed E-state index contributed by atoms with van der Waals surface area (Å²) in [4.78, 5) is 16.3. The van der Waals surface area contributed by atoms with Crippen molar-refractivity contribution in [3.8, 4) is 11.7 Å². The molecule has 4 rings (SSSR count). The number of benzene rings is 1. The van der Waals surface area contributed by atoms with E-state index in [0.29, 0.717) is 18.3 Å². The summed E-state index contributed by atoms with van der Waals surface area (Å²) < 4.78 is 46.7. The zero-order valence-corrected chi connectivity index (χ0v) is 18.0. The minimum absolute atomic E-state index is 0.138. The molecule has 31 heavy (non-hydrogen) atoms. The number of hydrogen-bond acceptors (Lipinski definition) is 6. The van der Waals surface area contributed by atoms with E-state index in [0.717, 1.165) is 37.1 Å². The second-order valence-corrected chi connectivity index (χ2v) is 9.63. The fourth-order valence-corrected chi connectivity index (χ4v) is 3.89. The summed E-state index contributed by atoms with van der Waals surface area (Å²) in [7, 11) is -4.20. The van der Waals surface area contributed by atoms with E-state index in [4.69, 9.17) is 16.3 Å². The number of amides is 1. The molecule has 1 aliphatic carbocycles. The summed E-state index contributed by atoms with van der Waals surface area (Å²) in [6.07, 6.45) is 3.90. The predicted molar refractivity (Wildman–Crippen MR) is 110 cm³/mol. The number of hydrogen-bond donors (Lipinski definition) is 1. The van der Waals surface area contributed by atoms with Gasteiger partial charge in [0.15, 0.2) is 5.82 Å². The van der Waals surface area contributed by atoms with Crippen LogP contribution in [0.2, 0.25) is 5.15 Å². The van der Waals surface area contributed by atoms with Crippen LogP contribution in [0.5, 0.6) is 5.88 Å². The van der Waals surface area contributed by atoms with Crippen LogP contribution >= 0.6 is 11.6 Å². The first-order chi connectivity index (χ1) is 14.7. The van der Waals surface area contributed by atoms with Gasteiger partial charge in [-0.1, -0.05) is 18.5 Å². The molecule has 0 bridgehead atoms. The zero-order chi connectivity index (χ0) is 22.2. The normalized spacial score (nSPS) is 14.8. The maximum Gasteiger partial charge on any atom is 0.268 e. The molecule has 3 aromatic rings. The molecule has 1 aliphatic rings.